The number of piperazine rings is 3. The first-order valence-electron chi connectivity index (χ1n) is 36.2. The number of alkyl halides is 4. The van der Waals surface area contributed by atoms with Crippen molar-refractivity contribution in [1.82, 2.24) is 59.3 Å². The molecule has 5 saturated heterocycles. The molecular formula is C77H84F4N20O11. The summed E-state index contributed by atoms with van der Waals surface area (Å²) in [6, 6.07) is 18.8. The molecule has 35 heteroatoms. The van der Waals surface area contributed by atoms with E-state index < -0.39 is 46.1 Å². The number of aldehydes is 3. The van der Waals surface area contributed by atoms with Crippen LogP contribution in [0, 0.1) is 39.9 Å². The van der Waals surface area contributed by atoms with Crippen LogP contribution < -0.4 is 25.8 Å². The van der Waals surface area contributed by atoms with Crippen molar-refractivity contribution in [2.45, 2.75) is 100 Å². The molecule has 11 heterocycles. The zero-order valence-electron chi connectivity index (χ0n) is 62.9. The molecule has 31 nitrogen and oxygen atoms in total. The number of nitrogens with zero attached hydrogens (tertiary/aromatic N) is 17. The van der Waals surface area contributed by atoms with Crippen LogP contribution in [-0.4, -0.2) is 245 Å². The molecule has 2 saturated carbocycles. The summed E-state index contributed by atoms with van der Waals surface area (Å²) in [5, 5.41) is 35.3. The fourth-order valence-electron chi connectivity index (χ4n) is 13.5. The third kappa shape index (κ3) is 18.5. The molecule has 13 rings (SSSR count). The fourth-order valence-corrected chi connectivity index (χ4v) is 13.5. The monoisotopic (exact) mass is 1540 g/mol. The minimum atomic E-state index is -4.10. The molecule has 2 aliphatic carbocycles. The number of aromatic nitrogens is 6. The second kappa shape index (κ2) is 33.9. The van der Waals surface area contributed by atoms with E-state index in [4.69, 9.17) is 9.47 Å². The molecule has 0 spiro atoms. The number of carbonyl (C=O) groups excluding carboxylic acids is 9. The molecule has 586 valence electrons. The maximum absolute atomic E-state index is 15.1. The Hall–Kier alpha value is -11.7. The number of nitrogens with one attached hydrogen (secondary N) is 3. The highest BCUT2D eigenvalue weighted by Crippen LogP contribution is 2.49. The second-order valence-electron chi connectivity index (χ2n) is 29.6. The van der Waals surface area contributed by atoms with Crippen molar-refractivity contribution in [2.24, 2.45) is 5.92 Å². The van der Waals surface area contributed by atoms with E-state index in [0.717, 1.165) is 37.9 Å². The summed E-state index contributed by atoms with van der Waals surface area (Å²) in [5.74, 6) is -11.3. The summed E-state index contributed by atoms with van der Waals surface area (Å²) in [6.45, 7) is 10.8. The highest BCUT2D eigenvalue weighted by Gasteiger charge is 2.53. The predicted octanol–water partition coefficient (Wildman–Crippen LogP) is 5.23. The number of carbonyl (C=O) groups is 9. The minimum absolute atomic E-state index is 0.0112. The third-order valence-electron chi connectivity index (χ3n) is 21.0. The normalized spacial score (nSPS) is 18.0. The zero-order chi connectivity index (χ0) is 80.6. The highest BCUT2D eigenvalue weighted by atomic mass is 19.3. The van der Waals surface area contributed by atoms with Gasteiger partial charge in [0, 0.05) is 147 Å². The van der Waals surface area contributed by atoms with E-state index >= 15 is 17.6 Å². The number of methoxy groups -OCH3 is 2. The van der Waals surface area contributed by atoms with Crippen molar-refractivity contribution in [2.75, 3.05) is 146 Å². The number of nitriles is 3. The smallest absolute Gasteiger partial charge is 0.366 e. The molecular weight excluding hydrogens is 1460 g/mol. The lowest BCUT2D eigenvalue weighted by molar-refractivity contribution is -0.141. The van der Waals surface area contributed by atoms with Gasteiger partial charge in [-0.1, -0.05) is 31.0 Å². The third-order valence-corrected chi connectivity index (χ3v) is 21.0. The quantitative estimate of drug-likeness (QED) is 0.0488. The lowest BCUT2D eigenvalue weighted by Crippen LogP contribution is -2.61. The van der Waals surface area contributed by atoms with Gasteiger partial charge in [-0.2, -0.15) is 33.3 Å². The number of likely N-dealkylation sites (N-methyl/N-ethyl adjacent to an activating group) is 3. The van der Waals surface area contributed by atoms with E-state index in [1.165, 1.54) is 52.7 Å². The molecule has 6 aromatic heterocycles. The van der Waals surface area contributed by atoms with Gasteiger partial charge >= 0.3 is 23.7 Å². The van der Waals surface area contributed by atoms with E-state index in [9.17, 15) is 58.9 Å². The maximum Gasteiger partial charge on any atom is 0.366 e. The maximum atomic E-state index is 15.1. The SMILES string of the molecule is CN1CCN(Cc2ccc(C(F)(F)C(=O)Nc3cc(CCC4CC4)c(C#N)cn3)nc2C=O)C(=O)C1.COC1(C)CN(c2cc(NC(=O)C(F)(F)c3ccc(CN4CCN(C)CC4=O)c(C=O)n3)ncc2C#N)C1.COC1(C)CN(c2cc(NC(=O)C3(c4ccc(CN5CCN(C)CC5=O)c(C=O)n4)CC3)ncc2C#N)C1. The number of anilines is 5. The fraction of sp³-hybridized carbons (Fsp3) is 0.455. The Labute approximate surface area is 642 Å². The predicted molar refractivity (Wildman–Crippen MR) is 395 cm³/mol. The van der Waals surface area contributed by atoms with Crippen LogP contribution in [0.3, 0.4) is 0 Å². The van der Waals surface area contributed by atoms with Crippen LogP contribution in [-0.2, 0) is 81.6 Å². The first-order valence-corrected chi connectivity index (χ1v) is 36.2. The largest absolute Gasteiger partial charge is 0.375 e. The molecule has 112 heavy (non-hydrogen) atoms. The van der Waals surface area contributed by atoms with Crippen molar-refractivity contribution in [3.63, 3.8) is 0 Å². The zero-order valence-corrected chi connectivity index (χ0v) is 62.9. The number of hydrogen-bond donors (Lipinski definition) is 3. The van der Waals surface area contributed by atoms with Crippen molar-refractivity contribution in [1.29, 1.82) is 15.8 Å². The van der Waals surface area contributed by atoms with Gasteiger partial charge in [0.25, 0.3) is 0 Å². The first kappa shape index (κ1) is 81.3. The summed E-state index contributed by atoms with van der Waals surface area (Å²) in [6.07, 6.45) is 10.2. The van der Waals surface area contributed by atoms with Crippen LogP contribution in [0.25, 0.3) is 0 Å². The molecule has 5 aliphatic heterocycles. The topological polar surface area (TPSA) is 383 Å². The molecule has 0 radical (unpaired) electrons. The average molecular weight is 1540 g/mol. The van der Waals surface area contributed by atoms with Crippen LogP contribution >= 0.6 is 0 Å². The molecule has 6 aromatic rings. The number of hydrogen-bond acceptors (Lipinski definition) is 25. The molecule has 7 fully saturated rings. The van der Waals surface area contributed by atoms with Gasteiger partial charge in [-0.05, 0) is 96.4 Å². The molecule has 0 unspecified atom stereocenters. The Kier molecular flexibility index (Phi) is 24.6. The van der Waals surface area contributed by atoms with Gasteiger partial charge in [0.05, 0.1) is 70.0 Å². The van der Waals surface area contributed by atoms with Crippen molar-refractivity contribution < 1.29 is 70.2 Å². The molecule has 0 atom stereocenters. The van der Waals surface area contributed by atoms with Crippen LogP contribution in [0.4, 0.5) is 46.4 Å². The average Bonchev–Trinajstić information content (AvgIpc) is 1.54. The molecule has 0 aromatic carbocycles. The Balaban J connectivity index is 0.000000166. The van der Waals surface area contributed by atoms with Gasteiger partial charge < -0.3 is 49.9 Å². The van der Waals surface area contributed by atoms with Crippen molar-refractivity contribution in [3.8, 4) is 18.2 Å². The summed E-state index contributed by atoms with van der Waals surface area (Å²) < 4.78 is 71.2. The van der Waals surface area contributed by atoms with E-state index in [-0.39, 0.29) is 89.7 Å². The molecule has 7 aliphatic rings. The van der Waals surface area contributed by atoms with E-state index in [2.05, 4.69) is 51.9 Å². The Morgan fingerprint density at radius 1 is 0.536 bits per heavy atom. The molecule has 0 bridgehead atoms. The van der Waals surface area contributed by atoms with Crippen molar-refractivity contribution in [3.05, 3.63) is 146 Å². The summed E-state index contributed by atoms with van der Waals surface area (Å²) in [7, 11) is 8.77. The van der Waals surface area contributed by atoms with Gasteiger partial charge in [-0.3, -0.25) is 57.9 Å². The number of pyridine rings is 6. The number of aryl methyl sites for hydroxylation is 1. The number of halogens is 4. The standard InChI is InChI=1S/C27H31N7O4.C25H27F2N7O4.C25H26F2N6O3/c1-26(38-3)16-34(17-26)21-10-23(29-12-19(21)11-28)31-25(37)27(6-7-27)22-5-4-18(20(15-35)30-22)13-33-9-8-32(2)14-24(33)36;1-24(38-3)14-34(15-24)19-8-21(29-10-17(19)9-28)31-23(37)25(26,27)20-5-4-16(18(13-35)30-20)11-33-7-6-32(2)12-22(33)36;1-32-8-9-33(23(35)14-32)13-18-6-7-21(30-20(18)15-34)25(26,27)24(36)31-22-10-17(5-4-16-2-3-16)19(11-28)12-29-22/h4-5,10,12,15H,6-9,13-14,16-17H2,1-3H3,(H,29,31,37);4-5,8,10,13H,6-7,11-12,14-15H2,1-3H3,(H,29,31,37);6-7,10,12,15-16H,2-5,8-9,13-14H2,1H3,(H,29,31,36). The highest BCUT2D eigenvalue weighted by molar-refractivity contribution is 6.01. The van der Waals surface area contributed by atoms with Gasteiger partial charge in [0.1, 0.15) is 64.1 Å². The van der Waals surface area contributed by atoms with E-state index in [1.807, 2.05) is 71.6 Å². The number of amides is 6. The lowest BCUT2D eigenvalue weighted by Gasteiger charge is -2.48. The Bertz CT molecular complexity index is 4610. The van der Waals surface area contributed by atoms with Crippen LogP contribution in [0.2, 0.25) is 0 Å². The van der Waals surface area contributed by atoms with Crippen LogP contribution in [0.15, 0.2) is 73.2 Å². The van der Waals surface area contributed by atoms with Gasteiger partial charge in [0.2, 0.25) is 23.6 Å². The summed E-state index contributed by atoms with van der Waals surface area (Å²) in [4.78, 5) is 149. The van der Waals surface area contributed by atoms with Crippen LogP contribution in [0.1, 0.15) is 133 Å². The van der Waals surface area contributed by atoms with Crippen molar-refractivity contribution >= 4 is 83.1 Å². The summed E-state index contributed by atoms with van der Waals surface area (Å²) >= 11 is 0. The van der Waals surface area contributed by atoms with E-state index in [0.29, 0.717) is 172 Å². The Morgan fingerprint density at radius 3 is 1.28 bits per heavy atom. The molecule has 6 amide bonds. The number of ether oxygens (including phenoxy) is 2. The van der Waals surface area contributed by atoms with Gasteiger partial charge in [-0.15, -0.1) is 0 Å². The molecule has 3 N–H and O–H groups in total. The minimum Gasteiger partial charge on any atom is -0.375 e. The van der Waals surface area contributed by atoms with E-state index in [1.54, 1.807) is 37.3 Å². The van der Waals surface area contributed by atoms with Gasteiger partial charge in [-0.25, -0.2) is 29.9 Å². The van der Waals surface area contributed by atoms with Gasteiger partial charge in [0.15, 0.2) is 18.9 Å². The second-order valence-corrected chi connectivity index (χ2v) is 29.6. The van der Waals surface area contributed by atoms with Crippen LogP contribution in [0.5, 0.6) is 0 Å². The summed E-state index contributed by atoms with van der Waals surface area (Å²) in [5.41, 5.74) is 0.928. The lowest BCUT2D eigenvalue weighted by atomic mass is 9.95. The number of rotatable bonds is 25. The Morgan fingerprint density at radius 2 is 0.911 bits per heavy atom. The first-order chi connectivity index (χ1) is 53.4.